The van der Waals surface area contributed by atoms with Crippen molar-refractivity contribution in [3.8, 4) is 5.75 Å². The average molecular weight is 286 g/mol. The standard InChI is InChI=1S/C16H18N2O3/c1-10-15(21-11(2)18-10)9-17-16(19)13-7-8-20-14-6-4-3-5-12(13)14/h3-6,13H,7-9H2,1-2H3,(H,17,19). The zero-order valence-electron chi connectivity index (χ0n) is 12.2. The smallest absolute Gasteiger partial charge is 0.228 e. The molecule has 1 amide bonds. The van der Waals surface area contributed by atoms with Crippen LogP contribution in [0.4, 0.5) is 0 Å². The van der Waals surface area contributed by atoms with Gasteiger partial charge in [-0.05, 0) is 19.4 Å². The van der Waals surface area contributed by atoms with Crippen LogP contribution in [-0.4, -0.2) is 17.5 Å². The maximum atomic E-state index is 12.4. The summed E-state index contributed by atoms with van der Waals surface area (Å²) in [7, 11) is 0. The van der Waals surface area contributed by atoms with Gasteiger partial charge in [0, 0.05) is 12.5 Å². The molecular formula is C16H18N2O3. The second kappa shape index (κ2) is 5.60. The van der Waals surface area contributed by atoms with E-state index in [0.29, 0.717) is 31.2 Å². The minimum atomic E-state index is -0.167. The van der Waals surface area contributed by atoms with Crippen LogP contribution in [0.2, 0.25) is 0 Å². The molecular weight excluding hydrogens is 268 g/mol. The first-order chi connectivity index (χ1) is 10.1. The lowest BCUT2D eigenvalue weighted by molar-refractivity contribution is -0.123. The van der Waals surface area contributed by atoms with Crippen molar-refractivity contribution in [1.29, 1.82) is 0 Å². The quantitative estimate of drug-likeness (QED) is 0.941. The van der Waals surface area contributed by atoms with Gasteiger partial charge >= 0.3 is 0 Å². The van der Waals surface area contributed by atoms with Crippen LogP contribution in [0.15, 0.2) is 28.7 Å². The zero-order valence-corrected chi connectivity index (χ0v) is 12.2. The van der Waals surface area contributed by atoms with E-state index in [2.05, 4.69) is 10.3 Å². The van der Waals surface area contributed by atoms with E-state index in [0.717, 1.165) is 17.0 Å². The van der Waals surface area contributed by atoms with Crippen LogP contribution in [-0.2, 0) is 11.3 Å². The summed E-state index contributed by atoms with van der Waals surface area (Å²) in [5.74, 6) is 1.96. The van der Waals surface area contributed by atoms with Crippen LogP contribution >= 0.6 is 0 Å². The molecule has 110 valence electrons. The second-order valence-electron chi connectivity index (χ2n) is 5.19. The number of carbonyl (C=O) groups is 1. The Balaban J connectivity index is 1.70. The van der Waals surface area contributed by atoms with Crippen molar-refractivity contribution in [1.82, 2.24) is 10.3 Å². The number of amides is 1. The highest BCUT2D eigenvalue weighted by Crippen LogP contribution is 2.33. The van der Waals surface area contributed by atoms with Crippen molar-refractivity contribution in [2.24, 2.45) is 0 Å². The average Bonchev–Trinajstić information content (AvgIpc) is 2.82. The van der Waals surface area contributed by atoms with Crippen molar-refractivity contribution >= 4 is 5.91 Å². The van der Waals surface area contributed by atoms with Gasteiger partial charge in [0.25, 0.3) is 0 Å². The number of ether oxygens (including phenoxy) is 1. The Labute approximate surface area is 123 Å². The van der Waals surface area contributed by atoms with Gasteiger partial charge in [-0.25, -0.2) is 4.98 Å². The van der Waals surface area contributed by atoms with Gasteiger partial charge in [0.15, 0.2) is 5.89 Å². The first-order valence-corrected chi connectivity index (χ1v) is 7.07. The molecule has 2 heterocycles. The maximum Gasteiger partial charge on any atom is 0.228 e. The Bertz CT molecular complexity index is 663. The van der Waals surface area contributed by atoms with Crippen LogP contribution in [0.25, 0.3) is 0 Å². The van der Waals surface area contributed by atoms with Crippen LogP contribution in [0.1, 0.15) is 35.2 Å². The van der Waals surface area contributed by atoms with Gasteiger partial charge in [0.1, 0.15) is 11.5 Å². The van der Waals surface area contributed by atoms with Gasteiger partial charge in [-0.2, -0.15) is 0 Å². The Morgan fingerprint density at radius 1 is 1.38 bits per heavy atom. The van der Waals surface area contributed by atoms with Gasteiger partial charge in [0.05, 0.1) is 24.8 Å². The Morgan fingerprint density at radius 2 is 2.19 bits per heavy atom. The predicted octanol–water partition coefficient (Wildman–Crippen LogP) is 2.47. The summed E-state index contributed by atoms with van der Waals surface area (Å²) in [6.45, 7) is 4.61. The summed E-state index contributed by atoms with van der Waals surface area (Å²) in [6.07, 6.45) is 0.692. The number of fused-ring (bicyclic) bond motifs is 1. The minimum Gasteiger partial charge on any atom is -0.493 e. The molecule has 1 aromatic heterocycles. The predicted molar refractivity (Wildman–Crippen MR) is 77.1 cm³/mol. The number of aryl methyl sites for hydroxylation is 2. The largest absolute Gasteiger partial charge is 0.493 e. The fraction of sp³-hybridized carbons (Fsp3) is 0.375. The number of rotatable bonds is 3. The number of nitrogens with zero attached hydrogens (tertiary/aromatic N) is 1. The third-order valence-electron chi connectivity index (χ3n) is 3.70. The van der Waals surface area contributed by atoms with Crippen molar-refractivity contribution in [3.05, 3.63) is 47.2 Å². The SMILES string of the molecule is Cc1nc(C)c(CNC(=O)C2CCOc3ccccc32)o1. The number of carbonyl (C=O) groups excluding carboxylic acids is 1. The molecule has 0 saturated carbocycles. The highest BCUT2D eigenvalue weighted by molar-refractivity contribution is 5.84. The molecule has 1 N–H and O–H groups in total. The highest BCUT2D eigenvalue weighted by Gasteiger charge is 2.27. The van der Waals surface area contributed by atoms with Crippen LogP contribution in [0.3, 0.4) is 0 Å². The van der Waals surface area contributed by atoms with E-state index in [4.69, 9.17) is 9.15 Å². The normalized spacial score (nSPS) is 17.0. The number of nitrogens with one attached hydrogen (secondary N) is 1. The number of hydrogen-bond donors (Lipinski definition) is 1. The molecule has 1 atom stereocenters. The van der Waals surface area contributed by atoms with Crippen molar-refractivity contribution in [2.45, 2.75) is 32.7 Å². The topological polar surface area (TPSA) is 64.4 Å². The highest BCUT2D eigenvalue weighted by atomic mass is 16.5. The second-order valence-corrected chi connectivity index (χ2v) is 5.19. The van der Waals surface area contributed by atoms with E-state index in [1.807, 2.05) is 31.2 Å². The Kier molecular flexibility index (Phi) is 3.64. The van der Waals surface area contributed by atoms with E-state index < -0.39 is 0 Å². The van der Waals surface area contributed by atoms with Crippen LogP contribution in [0.5, 0.6) is 5.75 Å². The molecule has 1 aliphatic rings. The number of hydrogen-bond acceptors (Lipinski definition) is 4. The lowest BCUT2D eigenvalue weighted by Crippen LogP contribution is -2.32. The molecule has 5 nitrogen and oxygen atoms in total. The molecule has 0 aliphatic carbocycles. The molecule has 0 radical (unpaired) electrons. The van der Waals surface area contributed by atoms with E-state index in [-0.39, 0.29) is 11.8 Å². The van der Waals surface area contributed by atoms with Gasteiger partial charge in [-0.3, -0.25) is 4.79 Å². The zero-order chi connectivity index (χ0) is 14.8. The molecule has 2 aromatic rings. The lowest BCUT2D eigenvalue weighted by atomic mass is 9.92. The summed E-state index contributed by atoms with van der Waals surface area (Å²) < 4.78 is 11.1. The molecule has 1 unspecified atom stereocenters. The van der Waals surface area contributed by atoms with Crippen molar-refractivity contribution in [3.63, 3.8) is 0 Å². The van der Waals surface area contributed by atoms with E-state index >= 15 is 0 Å². The minimum absolute atomic E-state index is 0.000738. The molecule has 21 heavy (non-hydrogen) atoms. The molecule has 1 aromatic carbocycles. The van der Waals surface area contributed by atoms with Crippen molar-refractivity contribution < 1.29 is 13.9 Å². The molecule has 5 heteroatoms. The fourth-order valence-electron chi connectivity index (χ4n) is 2.64. The first kappa shape index (κ1) is 13.7. The first-order valence-electron chi connectivity index (χ1n) is 7.07. The number of oxazole rings is 1. The summed E-state index contributed by atoms with van der Waals surface area (Å²) in [4.78, 5) is 16.6. The summed E-state index contributed by atoms with van der Waals surface area (Å²) in [5.41, 5.74) is 1.77. The third-order valence-corrected chi connectivity index (χ3v) is 3.70. The molecule has 1 aliphatic heterocycles. The van der Waals surface area contributed by atoms with Gasteiger partial charge in [0.2, 0.25) is 5.91 Å². The summed E-state index contributed by atoms with van der Waals surface area (Å²) in [5, 5.41) is 2.94. The molecule has 0 spiro atoms. The van der Waals surface area contributed by atoms with E-state index in [1.54, 1.807) is 6.92 Å². The van der Waals surface area contributed by atoms with E-state index in [9.17, 15) is 4.79 Å². The van der Waals surface area contributed by atoms with Crippen molar-refractivity contribution in [2.75, 3.05) is 6.61 Å². The molecule has 0 saturated heterocycles. The van der Waals surface area contributed by atoms with Gasteiger partial charge in [-0.15, -0.1) is 0 Å². The van der Waals surface area contributed by atoms with Crippen LogP contribution < -0.4 is 10.1 Å². The molecule has 0 fully saturated rings. The van der Waals surface area contributed by atoms with Gasteiger partial charge < -0.3 is 14.5 Å². The third kappa shape index (κ3) is 2.77. The van der Waals surface area contributed by atoms with Gasteiger partial charge in [-0.1, -0.05) is 18.2 Å². The van der Waals surface area contributed by atoms with Crippen LogP contribution in [0, 0.1) is 13.8 Å². The molecule has 3 rings (SSSR count). The Hall–Kier alpha value is -2.30. The maximum absolute atomic E-state index is 12.4. The number of benzene rings is 1. The van der Waals surface area contributed by atoms with E-state index in [1.165, 1.54) is 0 Å². The molecule has 0 bridgehead atoms. The fourth-order valence-corrected chi connectivity index (χ4v) is 2.64. The summed E-state index contributed by atoms with van der Waals surface area (Å²) >= 11 is 0. The Morgan fingerprint density at radius 3 is 2.95 bits per heavy atom. The lowest BCUT2D eigenvalue weighted by Gasteiger charge is -2.24. The summed E-state index contributed by atoms with van der Waals surface area (Å²) in [6, 6.07) is 7.69. The number of aromatic nitrogens is 1. The monoisotopic (exact) mass is 286 g/mol. The number of para-hydroxylation sites is 1.